The van der Waals surface area contributed by atoms with Crippen LogP contribution in [0, 0.1) is 0 Å². The number of carbonyl (C=O) groups is 1. The van der Waals surface area contributed by atoms with Crippen molar-refractivity contribution in [3.05, 3.63) is 12.2 Å². The fourth-order valence-corrected chi connectivity index (χ4v) is 1.05. The van der Waals surface area contributed by atoms with E-state index in [4.69, 9.17) is 4.55 Å². The van der Waals surface area contributed by atoms with Crippen molar-refractivity contribution in [2.75, 3.05) is 5.75 Å². The van der Waals surface area contributed by atoms with Crippen molar-refractivity contribution in [2.45, 2.75) is 12.8 Å². The topological polar surface area (TPSA) is 71.4 Å². The van der Waals surface area contributed by atoms with Gasteiger partial charge in [-0.2, -0.15) is 8.42 Å². The molecule has 5 heteroatoms. The molecule has 0 spiro atoms. The predicted molar refractivity (Wildman–Crippen MR) is 40.9 cm³/mol. The Hall–Kier alpha value is -0.680. The van der Waals surface area contributed by atoms with Crippen molar-refractivity contribution in [1.82, 2.24) is 0 Å². The van der Waals surface area contributed by atoms with E-state index in [-0.39, 0.29) is 12.2 Å². The zero-order chi connectivity index (χ0) is 8.91. The number of hydrogen-bond donors (Lipinski definition) is 1. The molecule has 0 saturated carbocycles. The average Bonchev–Trinajstić information content (AvgIpc) is 1.85. The number of carbonyl (C=O) groups excluding carboxylic acids is 1. The van der Waals surface area contributed by atoms with Gasteiger partial charge < -0.3 is 0 Å². The third-order valence-electron chi connectivity index (χ3n) is 1.07. The van der Waals surface area contributed by atoms with E-state index in [1.54, 1.807) is 0 Å². The van der Waals surface area contributed by atoms with Crippen molar-refractivity contribution in [3.63, 3.8) is 0 Å². The van der Waals surface area contributed by atoms with Crippen LogP contribution in [0.15, 0.2) is 12.2 Å². The second-order valence-corrected chi connectivity index (χ2v) is 3.74. The minimum atomic E-state index is -3.89. The van der Waals surface area contributed by atoms with Crippen molar-refractivity contribution >= 4 is 16.4 Å². The largest absolute Gasteiger partial charge is 0.298 e. The number of aldehydes is 1. The zero-order valence-corrected chi connectivity index (χ0v) is 6.80. The highest BCUT2D eigenvalue weighted by Gasteiger charge is 2.03. The normalized spacial score (nSPS) is 11.0. The first-order valence-corrected chi connectivity index (χ1v) is 4.65. The lowest BCUT2D eigenvalue weighted by Gasteiger charge is -1.95. The molecule has 4 nitrogen and oxygen atoms in total. The molecule has 0 heterocycles. The Morgan fingerprint density at radius 1 is 1.55 bits per heavy atom. The van der Waals surface area contributed by atoms with Gasteiger partial charge in [0.2, 0.25) is 0 Å². The van der Waals surface area contributed by atoms with Gasteiger partial charge in [0.1, 0.15) is 6.29 Å². The molecule has 0 aromatic rings. The van der Waals surface area contributed by atoms with Gasteiger partial charge >= 0.3 is 0 Å². The van der Waals surface area contributed by atoms with E-state index >= 15 is 0 Å². The summed E-state index contributed by atoms with van der Waals surface area (Å²) in [5.74, 6) is -0.320. The lowest BCUT2D eigenvalue weighted by molar-refractivity contribution is -0.105. The summed E-state index contributed by atoms with van der Waals surface area (Å²) < 4.78 is 28.5. The van der Waals surface area contributed by atoms with Gasteiger partial charge in [-0.1, -0.05) is 6.58 Å². The summed E-state index contributed by atoms with van der Waals surface area (Å²) in [5, 5.41) is 0. The Balaban J connectivity index is 3.59. The van der Waals surface area contributed by atoms with Gasteiger partial charge in [-0.3, -0.25) is 9.35 Å². The first kappa shape index (κ1) is 10.3. The molecule has 0 bridgehead atoms. The standard InChI is InChI=1S/C6H10O4S/c1-6(5-7)3-2-4-11(8,9)10/h5H,1-4H2,(H,8,9,10). The average molecular weight is 178 g/mol. The van der Waals surface area contributed by atoms with E-state index in [1.807, 2.05) is 0 Å². The van der Waals surface area contributed by atoms with Crippen molar-refractivity contribution in [1.29, 1.82) is 0 Å². The van der Waals surface area contributed by atoms with Crippen LogP contribution in [-0.2, 0) is 14.9 Å². The molecule has 0 unspecified atom stereocenters. The molecular formula is C6H10O4S. The van der Waals surface area contributed by atoms with Gasteiger partial charge in [0, 0.05) is 0 Å². The molecule has 0 rings (SSSR count). The molecule has 64 valence electrons. The van der Waals surface area contributed by atoms with Gasteiger partial charge in [0.05, 0.1) is 5.75 Å². The smallest absolute Gasteiger partial charge is 0.264 e. The van der Waals surface area contributed by atoms with Crippen molar-refractivity contribution in [3.8, 4) is 0 Å². The van der Waals surface area contributed by atoms with E-state index in [9.17, 15) is 13.2 Å². The van der Waals surface area contributed by atoms with Crippen LogP contribution in [0.2, 0.25) is 0 Å². The first-order valence-electron chi connectivity index (χ1n) is 3.04. The third-order valence-corrected chi connectivity index (χ3v) is 1.87. The summed E-state index contributed by atoms with van der Waals surface area (Å²) in [6, 6.07) is 0. The summed E-state index contributed by atoms with van der Waals surface area (Å²) >= 11 is 0. The fraction of sp³-hybridized carbons (Fsp3) is 0.500. The van der Waals surface area contributed by atoms with Crippen LogP contribution in [0.3, 0.4) is 0 Å². The molecule has 0 fully saturated rings. The SMILES string of the molecule is C=C(C=O)CCCS(=O)(=O)O. The van der Waals surface area contributed by atoms with Crippen LogP contribution >= 0.6 is 0 Å². The number of allylic oxidation sites excluding steroid dienone is 1. The summed E-state index contributed by atoms with van der Waals surface area (Å²) in [5.41, 5.74) is 0.341. The summed E-state index contributed by atoms with van der Waals surface area (Å²) in [4.78, 5) is 9.95. The van der Waals surface area contributed by atoms with Crippen molar-refractivity contribution in [2.24, 2.45) is 0 Å². The van der Waals surface area contributed by atoms with E-state index in [1.165, 1.54) is 0 Å². The molecule has 0 saturated heterocycles. The maximum Gasteiger partial charge on any atom is 0.264 e. The second-order valence-electron chi connectivity index (χ2n) is 2.17. The molecule has 0 radical (unpaired) electrons. The van der Waals surface area contributed by atoms with E-state index < -0.39 is 10.1 Å². The van der Waals surface area contributed by atoms with Gasteiger partial charge in [-0.15, -0.1) is 0 Å². The molecule has 1 N–H and O–H groups in total. The van der Waals surface area contributed by atoms with Crippen LogP contribution in [-0.4, -0.2) is 25.0 Å². The summed E-state index contributed by atoms with van der Waals surface area (Å²) in [6.07, 6.45) is 1.11. The lowest BCUT2D eigenvalue weighted by atomic mass is 10.2. The van der Waals surface area contributed by atoms with Gasteiger partial charge in [-0.05, 0) is 18.4 Å². The van der Waals surface area contributed by atoms with Crippen LogP contribution in [0.1, 0.15) is 12.8 Å². The second kappa shape index (κ2) is 4.25. The summed E-state index contributed by atoms with van der Waals surface area (Å²) in [6.45, 7) is 3.35. The quantitative estimate of drug-likeness (QED) is 0.376. The summed E-state index contributed by atoms with van der Waals surface area (Å²) in [7, 11) is -3.89. The lowest BCUT2D eigenvalue weighted by Crippen LogP contribution is -2.03. The Kier molecular flexibility index (Phi) is 3.99. The van der Waals surface area contributed by atoms with Crippen LogP contribution in [0.4, 0.5) is 0 Å². The Morgan fingerprint density at radius 3 is 2.45 bits per heavy atom. The van der Waals surface area contributed by atoms with Gasteiger partial charge in [0.15, 0.2) is 0 Å². The third kappa shape index (κ3) is 7.21. The molecule has 0 aromatic carbocycles. The molecule has 0 atom stereocenters. The molecule has 0 amide bonds. The zero-order valence-electron chi connectivity index (χ0n) is 5.99. The fourth-order valence-electron chi connectivity index (χ4n) is 0.541. The first-order chi connectivity index (χ1) is 4.95. The highest BCUT2D eigenvalue weighted by molar-refractivity contribution is 7.85. The molecule has 0 aromatic heterocycles. The molecular weight excluding hydrogens is 168 g/mol. The molecule has 11 heavy (non-hydrogen) atoms. The minimum absolute atomic E-state index is 0.233. The maximum absolute atomic E-state index is 10.1. The number of rotatable bonds is 5. The molecule has 0 aliphatic heterocycles. The highest BCUT2D eigenvalue weighted by atomic mass is 32.2. The highest BCUT2D eigenvalue weighted by Crippen LogP contribution is 2.00. The maximum atomic E-state index is 10.1. The Bertz CT molecular complexity index is 239. The van der Waals surface area contributed by atoms with Crippen molar-refractivity contribution < 1.29 is 17.8 Å². The van der Waals surface area contributed by atoms with Gasteiger partial charge in [-0.25, -0.2) is 0 Å². The molecule has 0 aliphatic carbocycles. The van der Waals surface area contributed by atoms with Gasteiger partial charge in [0.25, 0.3) is 10.1 Å². The Morgan fingerprint density at radius 2 is 2.09 bits per heavy atom. The van der Waals surface area contributed by atoms with Crippen LogP contribution in [0.25, 0.3) is 0 Å². The predicted octanol–water partition coefficient (Wildman–Crippen LogP) is 0.410. The Labute approximate surface area is 65.7 Å². The monoisotopic (exact) mass is 178 g/mol. The van der Waals surface area contributed by atoms with Crippen LogP contribution < -0.4 is 0 Å². The van der Waals surface area contributed by atoms with E-state index in [0.29, 0.717) is 18.3 Å². The van der Waals surface area contributed by atoms with E-state index in [0.717, 1.165) is 0 Å². The van der Waals surface area contributed by atoms with Crippen LogP contribution in [0.5, 0.6) is 0 Å². The molecule has 0 aliphatic rings. The van der Waals surface area contributed by atoms with E-state index in [2.05, 4.69) is 6.58 Å². The number of hydrogen-bond acceptors (Lipinski definition) is 3. The minimum Gasteiger partial charge on any atom is -0.298 e.